The minimum absolute atomic E-state index is 0.409. The second kappa shape index (κ2) is 3.86. The lowest BCUT2D eigenvalue weighted by molar-refractivity contribution is 0.111. The summed E-state index contributed by atoms with van der Waals surface area (Å²) >= 11 is 7.28. The molecule has 0 spiro atoms. The Morgan fingerprint density at radius 1 is 1.50 bits per heavy atom. The van der Waals surface area contributed by atoms with Crippen LogP contribution in [0.1, 0.15) is 10.5 Å². The SMILES string of the molecule is O=Cc1csc(-c2ncccc2Cl)n1. The van der Waals surface area contributed by atoms with Crippen molar-refractivity contribution >= 4 is 29.2 Å². The van der Waals surface area contributed by atoms with E-state index in [0.717, 1.165) is 0 Å². The second-order valence-electron chi connectivity index (χ2n) is 2.53. The van der Waals surface area contributed by atoms with Gasteiger partial charge in [0.25, 0.3) is 0 Å². The molecule has 3 nitrogen and oxygen atoms in total. The first-order chi connectivity index (χ1) is 6.81. The fourth-order valence-corrected chi connectivity index (χ4v) is 2.03. The van der Waals surface area contributed by atoms with E-state index in [1.54, 1.807) is 23.7 Å². The molecule has 5 heteroatoms. The molecule has 2 aromatic rings. The van der Waals surface area contributed by atoms with Gasteiger partial charge in [0.05, 0.1) is 5.02 Å². The summed E-state index contributed by atoms with van der Waals surface area (Å²) in [5, 5.41) is 2.88. The molecule has 0 fully saturated rings. The maximum atomic E-state index is 10.4. The molecule has 0 amide bonds. The van der Waals surface area contributed by atoms with E-state index in [4.69, 9.17) is 11.6 Å². The van der Waals surface area contributed by atoms with E-state index in [1.807, 2.05) is 0 Å². The molecule has 0 N–H and O–H groups in total. The number of aldehydes is 1. The van der Waals surface area contributed by atoms with E-state index in [0.29, 0.717) is 27.7 Å². The number of hydrogen-bond acceptors (Lipinski definition) is 4. The van der Waals surface area contributed by atoms with Crippen molar-refractivity contribution in [2.75, 3.05) is 0 Å². The van der Waals surface area contributed by atoms with Gasteiger partial charge in [0.2, 0.25) is 0 Å². The first-order valence-electron chi connectivity index (χ1n) is 3.83. The molecule has 0 saturated carbocycles. The summed E-state index contributed by atoms with van der Waals surface area (Å²) in [5.74, 6) is 0. The Hall–Kier alpha value is -1.26. The summed E-state index contributed by atoms with van der Waals surface area (Å²) in [4.78, 5) is 18.6. The minimum Gasteiger partial charge on any atom is -0.296 e. The lowest BCUT2D eigenvalue weighted by atomic mass is 10.3. The van der Waals surface area contributed by atoms with Crippen LogP contribution in [0.25, 0.3) is 10.7 Å². The Kier molecular flexibility index (Phi) is 2.56. The van der Waals surface area contributed by atoms with Gasteiger partial charge in [-0.05, 0) is 12.1 Å². The van der Waals surface area contributed by atoms with Gasteiger partial charge in [-0.25, -0.2) is 4.98 Å². The quantitative estimate of drug-likeness (QED) is 0.737. The molecule has 0 aromatic carbocycles. The maximum Gasteiger partial charge on any atom is 0.169 e. The summed E-state index contributed by atoms with van der Waals surface area (Å²) in [6.07, 6.45) is 2.35. The summed E-state index contributed by atoms with van der Waals surface area (Å²) in [7, 11) is 0. The number of nitrogens with zero attached hydrogens (tertiary/aromatic N) is 2. The van der Waals surface area contributed by atoms with Gasteiger partial charge in [-0.3, -0.25) is 9.78 Å². The van der Waals surface area contributed by atoms with Crippen molar-refractivity contribution in [1.82, 2.24) is 9.97 Å². The molecule has 0 saturated heterocycles. The van der Waals surface area contributed by atoms with E-state index in [-0.39, 0.29) is 0 Å². The number of carbonyl (C=O) groups excluding carboxylic acids is 1. The number of thiazole rings is 1. The standard InChI is InChI=1S/C9H5ClN2OS/c10-7-2-1-3-11-8(7)9-12-6(4-13)5-14-9/h1-5H. The van der Waals surface area contributed by atoms with Gasteiger partial charge in [-0.15, -0.1) is 11.3 Å². The van der Waals surface area contributed by atoms with E-state index in [1.165, 1.54) is 11.3 Å². The van der Waals surface area contributed by atoms with Crippen LogP contribution in [0.2, 0.25) is 5.02 Å². The van der Waals surface area contributed by atoms with E-state index < -0.39 is 0 Å². The third kappa shape index (κ3) is 1.66. The Labute approximate surface area is 89.4 Å². The predicted molar refractivity (Wildman–Crippen MR) is 55.7 cm³/mol. The fraction of sp³-hybridized carbons (Fsp3) is 0. The van der Waals surface area contributed by atoms with E-state index in [9.17, 15) is 4.79 Å². The third-order valence-electron chi connectivity index (χ3n) is 1.60. The highest BCUT2D eigenvalue weighted by atomic mass is 35.5. The molecule has 0 bridgehead atoms. The molecule has 0 aliphatic rings. The minimum atomic E-state index is 0.409. The van der Waals surface area contributed by atoms with Crippen molar-refractivity contribution in [3.05, 3.63) is 34.4 Å². The molecular weight excluding hydrogens is 220 g/mol. The summed E-state index contributed by atoms with van der Waals surface area (Å²) < 4.78 is 0. The molecule has 0 aliphatic carbocycles. The summed E-state index contributed by atoms with van der Waals surface area (Å²) in [6.45, 7) is 0. The highest BCUT2D eigenvalue weighted by Gasteiger charge is 2.08. The van der Waals surface area contributed by atoms with Crippen molar-refractivity contribution in [2.45, 2.75) is 0 Å². The average Bonchev–Trinajstić information content (AvgIpc) is 2.67. The first-order valence-corrected chi connectivity index (χ1v) is 5.08. The van der Waals surface area contributed by atoms with Crippen LogP contribution in [0, 0.1) is 0 Å². The molecule has 0 atom stereocenters. The van der Waals surface area contributed by atoms with Crippen LogP contribution in [0.3, 0.4) is 0 Å². The number of carbonyl (C=O) groups is 1. The molecule has 2 heterocycles. The lowest BCUT2D eigenvalue weighted by Crippen LogP contribution is -1.84. The van der Waals surface area contributed by atoms with Gasteiger partial charge < -0.3 is 0 Å². The number of aromatic nitrogens is 2. The van der Waals surface area contributed by atoms with Gasteiger partial charge in [-0.2, -0.15) is 0 Å². The molecule has 2 aromatic heterocycles. The maximum absolute atomic E-state index is 10.4. The van der Waals surface area contributed by atoms with Crippen LogP contribution in [-0.2, 0) is 0 Å². The number of rotatable bonds is 2. The summed E-state index contributed by atoms with van der Waals surface area (Å²) in [6, 6.07) is 3.49. The molecule has 0 aliphatic heterocycles. The van der Waals surface area contributed by atoms with Crippen LogP contribution >= 0.6 is 22.9 Å². The van der Waals surface area contributed by atoms with Gasteiger partial charge in [-0.1, -0.05) is 11.6 Å². The molecular formula is C9H5ClN2OS. The Morgan fingerprint density at radius 3 is 3.00 bits per heavy atom. The van der Waals surface area contributed by atoms with Crippen molar-refractivity contribution in [3.63, 3.8) is 0 Å². The lowest BCUT2D eigenvalue weighted by Gasteiger charge is -1.96. The highest BCUT2D eigenvalue weighted by molar-refractivity contribution is 7.13. The largest absolute Gasteiger partial charge is 0.296 e. The molecule has 14 heavy (non-hydrogen) atoms. The Balaban J connectivity index is 2.49. The van der Waals surface area contributed by atoms with Gasteiger partial charge in [0, 0.05) is 11.6 Å². The van der Waals surface area contributed by atoms with Gasteiger partial charge >= 0.3 is 0 Å². The molecule has 0 radical (unpaired) electrons. The van der Waals surface area contributed by atoms with Crippen LogP contribution in [0.4, 0.5) is 0 Å². The number of hydrogen-bond donors (Lipinski definition) is 0. The zero-order valence-corrected chi connectivity index (χ0v) is 8.55. The van der Waals surface area contributed by atoms with Crippen LogP contribution in [0.15, 0.2) is 23.7 Å². The van der Waals surface area contributed by atoms with Crippen LogP contribution < -0.4 is 0 Å². The average molecular weight is 225 g/mol. The molecule has 70 valence electrons. The van der Waals surface area contributed by atoms with E-state index in [2.05, 4.69) is 9.97 Å². The van der Waals surface area contributed by atoms with E-state index >= 15 is 0 Å². The van der Waals surface area contributed by atoms with Crippen molar-refractivity contribution < 1.29 is 4.79 Å². The van der Waals surface area contributed by atoms with Gasteiger partial charge in [0.15, 0.2) is 6.29 Å². The highest BCUT2D eigenvalue weighted by Crippen LogP contribution is 2.27. The normalized spacial score (nSPS) is 10.1. The van der Waals surface area contributed by atoms with Crippen molar-refractivity contribution in [1.29, 1.82) is 0 Å². The van der Waals surface area contributed by atoms with Crippen LogP contribution in [0.5, 0.6) is 0 Å². The Morgan fingerprint density at radius 2 is 2.36 bits per heavy atom. The summed E-state index contributed by atoms with van der Waals surface area (Å²) in [5.41, 5.74) is 1.03. The second-order valence-corrected chi connectivity index (χ2v) is 3.79. The monoisotopic (exact) mass is 224 g/mol. The smallest absolute Gasteiger partial charge is 0.169 e. The topological polar surface area (TPSA) is 42.9 Å². The fourth-order valence-electron chi connectivity index (χ4n) is 0.992. The van der Waals surface area contributed by atoms with Crippen molar-refractivity contribution in [3.8, 4) is 10.7 Å². The first kappa shape index (κ1) is 9.30. The van der Waals surface area contributed by atoms with Crippen molar-refractivity contribution in [2.24, 2.45) is 0 Å². The third-order valence-corrected chi connectivity index (χ3v) is 2.78. The zero-order valence-electron chi connectivity index (χ0n) is 6.98. The molecule has 0 unspecified atom stereocenters. The zero-order chi connectivity index (χ0) is 9.97. The van der Waals surface area contributed by atoms with Gasteiger partial charge in [0.1, 0.15) is 16.4 Å². The predicted octanol–water partition coefficient (Wildman–Crippen LogP) is 2.67. The molecule has 2 rings (SSSR count). The number of halogens is 1. The van der Waals surface area contributed by atoms with Crippen LogP contribution in [-0.4, -0.2) is 16.3 Å². The Bertz CT molecular complexity index is 469. The number of pyridine rings is 1.